The number of benzene rings is 4. The van der Waals surface area contributed by atoms with Crippen LogP contribution in [0.25, 0.3) is 22.3 Å². The maximum Gasteiger partial charge on any atom is 0.326 e. The number of aliphatic carboxylic acids is 1. The van der Waals surface area contributed by atoms with Crippen molar-refractivity contribution in [2.75, 3.05) is 20.1 Å². The summed E-state index contributed by atoms with van der Waals surface area (Å²) >= 11 is 0. The zero-order valence-electron chi connectivity index (χ0n) is 37.9. The largest absolute Gasteiger partial charge is 0.507 e. The first-order chi connectivity index (χ1) is 31.6. The zero-order chi connectivity index (χ0) is 47.5. The number of nitrogens with one attached hydrogen (secondary N) is 3. The highest BCUT2D eigenvalue weighted by atomic mass is 16.4. The fourth-order valence-electron chi connectivity index (χ4n) is 8.74. The number of carboxylic acid groups (broad SMARTS) is 1. The van der Waals surface area contributed by atoms with E-state index in [2.05, 4.69) is 47.1 Å². The predicted molar refractivity (Wildman–Crippen MR) is 250 cm³/mol. The van der Waals surface area contributed by atoms with Gasteiger partial charge in [0.2, 0.25) is 23.6 Å². The topological polar surface area (TPSA) is 232 Å². The maximum atomic E-state index is 14.4. The molecule has 8 N–H and O–H groups in total. The van der Waals surface area contributed by atoms with E-state index in [-0.39, 0.29) is 66.4 Å². The molecule has 15 heteroatoms. The summed E-state index contributed by atoms with van der Waals surface area (Å²) in [5.74, 6) is -4.87. The molecule has 66 heavy (non-hydrogen) atoms. The standard InChI is InChI=1S/C51H62N6O9/c1-4-5-6-7-8-9-10-11-32-12-15-34(16-13-32)35-17-19-36(20-18-35)48(62)53-25-24-45(60)57-30-38(52)29-42(57)50(64)56(3)46-37-21-23-44(59)40(28-37)39-26-33(14-22-43(39)58)27-41(51(65)66)55-47(61)31(2)54-49(46)63/h12-23,26,28,31,38,41-42,46,58-59H,4-11,24-25,27,29-30,52H2,1-3H3,(H,53,62)(H,54,63)(H,55,61)(H,65,66)/t31-,38-,41-,42-,46-/m0/s1. The number of amides is 5. The van der Waals surface area contributed by atoms with Gasteiger partial charge >= 0.3 is 5.97 Å². The first kappa shape index (κ1) is 48.7. The van der Waals surface area contributed by atoms with Crippen molar-refractivity contribution >= 4 is 35.5 Å². The minimum atomic E-state index is -1.44. The molecule has 0 unspecified atom stereocenters. The summed E-state index contributed by atoms with van der Waals surface area (Å²) in [7, 11) is 1.37. The van der Waals surface area contributed by atoms with Crippen molar-refractivity contribution in [3.63, 3.8) is 0 Å². The summed E-state index contributed by atoms with van der Waals surface area (Å²) in [6, 6.07) is 18.5. The van der Waals surface area contributed by atoms with Crippen LogP contribution in [0.5, 0.6) is 11.5 Å². The van der Waals surface area contributed by atoms with Gasteiger partial charge in [0.15, 0.2) is 0 Å². The number of carbonyl (C=O) groups is 6. The third-order valence-electron chi connectivity index (χ3n) is 12.5. The summed E-state index contributed by atoms with van der Waals surface area (Å²) in [5, 5.41) is 39.6. The number of likely N-dealkylation sites (tertiary alicyclic amines) is 1. The maximum absolute atomic E-state index is 14.4. The number of phenols is 2. The lowest BCUT2D eigenvalue weighted by Gasteiger charge is -2.33. The van der Waals surface area contributed by atoms with Crippen molar-refractivity contribution in [1.82, 2.24) is 25.8 Å². The summed E-state index contributed by atoms with van der Waals surface area (Å²) in [6.45, 7) is 3.64. The van der Waals surface area contributed by atoms with Crippen LogP contribution in [0.1, 0.15) is 105 Å². The summed E-state index contributed by atoms with van der Waals surface area (Å²) in [5.41, 5.74) is 10.9. The van der Waals surface area contributed by atoms with E-state index in [0.29, 0.717) is 11.1 Å². The van der Waals surface area contributed by atoms with Gasteiger partial charge in [-0.05, 0) is 90.4 Å². The number of carboxylic acids is 1. The Kier molecular flexibility index (Phi) is 16.6. The van der Waals surface area contributed by atoms with Gasteiger partial charge in [-0.1, -0.05) is 94.0 Å². The Morgan fingerprint density at radius 2 is 1.42 bits per heavy atom. The van der Waals surface area contributed by atoms with E-state index in [1.165, 1.54) is 106 Å². The molecule has 0 spiro atoms. The first-order valence-corrected chi connectivity index (χ1v) is 22.9. The second kappa shape index (κ2) is 22.4. The minimum absolute atomic E-state index is 0.0137. The number of aryl methyl sites for hydroxylation is 1. The number of hydrogen-bond donors (Lipinski definition) is 7. The summed E-state index contributed by atoms with van der Waals surface area (Å²) < 4.78 is 0. The number of likely N-dealkylation sites (N-methyl/N-ethyl adjacent to an activating group) is 1. The number of nitrogens with zero attached hydrogens (tertiary/aromatic N) is 2. The van der Waals surface area contributed by atoms with Gasteiger partial charge in [0.1, 0.15) is 35.7 Å². The average molecular weight is 903 g/mol. The number of rotatable bonds is 16. The fourth-order valence-corrected chi connectivity index (χ4v) is 8.74. The van der Waals surface area contributed by atoms with Crippen molar-refractivity contribution in [3.05, 3.63) is 107 Å². The smallest absolute Gasteiger partial charge is 0.326 e. The lowest BCUT2D eigenvalue weighted by Crippen LogP contribution is -2.54. The van der Waals surface area contributed by atoms with E-state index < -0.39 is 59.8 Å². The van der Waals surface area contributed by atoms with E-state index >= 15 is 0 Å². The molecule has 5 atom stereocenters. The van der Waals surface area contributed by atoms with Gasteiger partial charge in [-0.25, -0.2) is 4.79 Å². The highest BCUT2D eigenvalue weighted by molar-refractivity contribution is 5.97. The molecule has 15 nitrogen and oxygen atoms in total. The van der Waals surface area contributed by atoms with Gasteiger partial charge in [-0.3, -0.25) is 24.0 Å². The molecule has 2 aliphatic rings. The van der Waals surface area contributed by atoms with Crippen molar-refractivity contribution in [3.8, 4) is 33.8 Å². The molecular formula is C51H62N6O9. The zero-order valence-corrected chi connectivity index (χ0v) is 37.9. The predicted octanol–water partition coefficient (Wildman–Crippen LogP) is 5.60. The van der Waals surface area contributed by atoms with Crippen molar-refractivity contribution in [2.45, 2.75) is 115 Å². The molecule has 0 radical (unpaired) electrons. The molecule has 2 heterocycles. The van der Waals surface area contributed by atoms with Crippen LogP contribution in [0, 0.1) is 0 Å². The van der Waals surface area contributed by atoms with Gasteiger partial charge in [-0.2, -0.15) is 0 Å². The Morgan fingerprint density at radius 1 is 0.803 bits per heavy atom. The Labute approximate surface area is 385 Å². The highest BCUT2D eigenvalue weighted by Crippen LogP contribution is 2.39. The van der Waals surface area contributed by atoms with Crippen LogP contribution in [0.4, 0.5) is 0 Å². The molecule has 0 saturated carbocycles. The van der Waals surface area contributed by atoms with Gasteiger partial charge in [0.25, 0.3) is 5.91 Å². The van der Waals surface area contributed by atoms with Gasteiger partial charge in [0.05, 0.1) is 0 Å². The van der Waals surface area contributed by atoms with Crippen LogP contribution in [-0.2, 0) is 36.8 Å². The van der Waals surface area contributed by atoms with Gasteiger partial charge in [-0.15, -0.1) is 0 Å². The molecule has 2 aliphatic heterocycles. The molecular weight excluding hydrogens is 841 g/mol. The number of hydrogen-bond acceptors (Lipinski definition) is 9. The van der Waals surface area contributed by atoms with E-state index in [1.54, 1.807) is 12.1 Å². The molecule has 4 bridgehead atoms. The van der Waals surface area contributed by atoms with Crippen molar-refractivity contribution in [1.29, 1.82) is 0 Å². The third-order valence-corrected chi connectivity index (χ3v) is 12.5. The Bertz CT molecular complexity index is 2390. The van der Waals surface area contributed by atoms with Crippen LogP contribution in [-0.4, -0.2) is 105 Å². The van der Waals surface area contributed by atoms with Crippen LogP contribution < -0.4 is 21.7 Å². The number of nitrogens with two attached hydrogens (primary N) is 1. The van der Waals surface area contributed by atoms with Gasteiger partial charge in [0, 0.05) is 55.7 Å². The minimum Gasteiger partial charge on any atom is -0.507 e. The lowest BCUT2D eigenvalue weighted by molar-refractivity contribution is -0.147. The lowest BCUT2D eigenvalue weighted by atomic mass is 9.93. The number of unbranched alkanes of at least 4 members (excludes halogenated alkanes) is 6. The second-order valence-corrected chi connectivity index (χ2v) is 17.5. The van der Waals surface area contributed by atoms with Crippen LogP contribution in [0.15, 0.2) is 84.9 Å². The molecule has 4 aromatic rings. The second-order valence-electron chi connectivity index (χ2n) is 17.5. The molecule has 4 aromatic carbocycles. The van der Waals surface area contributed by atoms with Crippen molar-refractivity contribution < 1.29 is 44.1 Å². The SMILES string of the molecule is CCCCCCCCCc1ccc(-c2ccc(C(=O)NCCC(=O)N3C[C@@H](N)C[C@H]3C(=O)N(C)[C@@H]3C(=O)N[C@@H](C)C(=O)N[C@H](C(=O)O)Cc4ccc(O)c(c4)-c4cc3ccc4O)cc2)cc1. The van der Waals surface area contributed by atoms with E-state index in [9.17, 15) is 44.1 Å². The van der Waals surface area contributed by atoms with Crippen LogP contribution >= 0.6 is 0 Å². The van der Waals surface area contributed by atoms with Crippen LogP contribution in [0.2, 0.25) is 0 Å². The normalized spacial score (nSPS) is 19.6. The Balaban J connectivity index is 1.10. The monoisotopic (exact) mass is 902 g/mol. The number of carbonyl (C=O) groups excluding carboxylic acids is 5. The van der Waals surface area contributed by atoms with Crippen LogP contribution in [0.3, 0.4) is 0 Å². The van der Waals surface area contributed by atoms with E-state index in [4.69, 9.17) is 5.73 Å². The quantitative estimate of drug-likeness (QED) is 0.0688. The molecule has 0 aliphatic carbocycles. The number of fused-ring (bicyclic) bond motifs is 5. The van der Waals surface area contributed by atoms with E-state index in [0.717, 1.165) is 22.4 Å². The Hall–Kier alpha value is -6.74. The molecule has 0 aromatic heterocycles. The van der Waals surface area contributed by atoms with E-state index in [1.807, 2.05) is 12.1 Å². The first-order valence-electron chi connectivity index (χ1n) is 22.9. The van der Waals surface area contributed by atoms with Gasteiger partial charge < -0.3 is 46.8 Å². The molecule has 350 valence electrons. The molecule has 1 fully saturated rings. The fraction of sp³-hybridized carbons (Fsp3) is 0.412. The molecule has 1 saturated heterocycles. The molecule has 5 amide bonds. The summed E-state index contributed by atoms with van der Waals surface area (Å²) in [4.78, 5) is 83.4. The average Bonchev–Trinajstić information content (AvgIpc) is 3.70. The number of aromatic hydroxyl groups is 2. The third kappa shape index (κ3) is 12.1. The highest BCUT2D eigenvalue weighted by Gasteiger charge is 2.42. The number of phenolic OH excluding ortho intramolecular Hbond substituents is 2. The molecule has 6 rings (SSSR count). The van der Waals surface area contributed by atoms with Crippen molar-refractivity contribution in [2.24, 2.45) is 5.73 Å². The Morgan fingerprint density at radius 3 is 2.09 bits per heavy atom. The summed E-state index contributed by atoms with van der Waals surface area (Å²) in [6.07, 6.45) is 9.75.